The molecule has 0 spiro atoms. The van der Waals surface area contributed by atoms with Crippen LogP contribution in [-0.2, 0) is 11.3 Å². The smallest absolute Gasteiger partial charge is 0.260 e. The van der Waals surface area contributed by atoms with Gasteiger partial charge < -0.3 is 19.9 Å². The summed E-state index contributed by atoms with van der Waals surface area (Å²) < 4.78 is 7.51. The van der Waals surface area contributed by atoms with Gasteiger partial charge in [-0.1, -0.05) is 59.8 Å². The zero-order valence-electron chi connectivity index (χ0n) is 18.8. The summed E-state index contributed by atoms with van der Waals surface area (Å²) in [4.78, 5) is 13.4. The molecular weight excluding hydrogens is 480 g/mol. The Kier molecular flexibility index (Phi) is 6.41. The molecule has 6 nitrogen and oxygen atoms in total. The van der Waals surface area contributed by atoms with Crippen LogP contribution in [0.25, 0.3) is 17.0 Å². The van der Waals surface area contributed by atoms with Crippen molar-refractivity contribution in [2.75, 3.05) is 12.4 Å². The van der Waals surface area contributed by atoms with E-state index in [4.69, 9.17) is 16.3 Å². The number of anilines is 1. The second-order valence-corrected chi connectivity index (χ2v) is 9.55. The highest BCUT2D eigenvalue weighted by molar-refractivity contribution is 8.05. The molecule has 1 aliphatic rings. The fourth-order valence-corrected chi connectivity index (χ4v) is 5.25. The van der Waals surface area contributed by atoms with Gasteiger partial charge >= 0.3 is 0 Å². The zero-order chi connectivity index (χ0) is 24.4. The van der Waals surface area contributed by atoms with E-state index in [1.165, 1.54) is 11.8 Å². The van der Waals surface area contributed by atoms with E-state index in [9.17, 15) is 10.1 Å². The monoisotopic (exact) mass is 500 g/mol. The number of rotatable bonds is 6. The Hall–Kier alpha value is -3.86. The average Bonchev–Trinajstić information content (AvgIpc) is 3.39. The van der Waals surface area contributed by atoms with Crippen LogP contribution in [0.5, 0.6) is 5.75 Å². The van der Waals surface area contributed by atoms with Crippen LogP contribution in [0.4, 0.5) is 5.69 Å². The summed E-state index contributed by atoms with van der Waals surface area (Å²) in [6.45, 7) is 0.561. The SMILES string of the molecule is COc1ccc(Cl)cc1NC1NC(=O)/C(=C/c2cn(Cc3ccccc3C#N)c3ccccc23)S1. The molecule has 0 radical (unpaired) electrons. The number of amides is 1. The lowest BCUT2D eigenvalue weighted by Gasteiger charge is -2.15. The lowest BCUT2D eigenvalue weighted by atomic mass is 10.1. The van der Waals surface area contributed by atoms with E-state index < -0.39 is 0 Å². The molecular formula is C27H21ClN4O2S. The van der Waals surface area contributed by atoms with Gasteiger partial charge in [0.25, 0.3) is 5.91 Å². The van der Waals surface area contributed by atoms with Crippen molar-refractivity contribution in [3.63, 3.8) is 0 Å². The topological polar surface area (TPSA) is 79.1 Å². The third kappa shape index (κ3) is 4.72. The number of ether oxygens (including phenoxy) is 1. The van der Waals surface area contributed by atoms with Gasteiger partial charge in [-0.25, -0.2) is 0 Å². The molecule has 174 valence electrons. The molecule has 1 saturated heterocycles. The van der Waals surface area contributed by atoms with E-state index in [1.54, 1.807) is 25.3 Å². The molecule has 2 N–H and O–H groups in total. The van der Waals surface area contributed by atoms with Crippen molar-refractivity contribution in [1.29, 1.82) is 5.26 Å². The van der Waals surface area contributed by atoms with E-state index in [0.717, 1.165) is 22.0 Å². The summed E-state index contributed by atoms with van der Waals surface area (Å²) in [5.74, 6) is 0.488. The van der Waals surface area contributed by atoms with Gasteiger partial charge in [-0.05, 0) is 42.0 Å². The Labute approximate surface area is 212 Å². The average molecular weight is 501 g/mol. The number of nitrogens with one attached hydrogen (secondary N) is 2. The van der Waals surface area contributed by atoms with Gasteiger partial charge in [0.2, 0.25) is 0 Å². The molecule has 1 unspecified atom stereocenters. The number of carbonyl (C=O) groups is 1. The molecule has 1 aliphatic heterocycles. The maximum absolute atomic E-state index is 12.8. The Balaban J connectivity index is 1.44. The minimum atomic E-state index is -0.364. The zero-order valence-corrected chi connectivity index (χ0v) is 20.4. The van der Waals surface area contributed by atoms with Crippen molar-refractivity contribution in [3.8, 4) is 11.8 Å². The molecule has 1 aromatic heterocycles. The Morgan fingerprint density at radius 3 is 2.83 bits per heavy atom. The Bertz CT molecular complexity index is 1500. The number of carbonyl (C=O) groups excluding carboxylic acids is 1. The molecule has 2 heterocycles. The van der Waals surface area contributed by atoms with Gasteiger partial charge in [-0.3, -0.25) is 4.79 Å². The number of methoxy groups -OCH3 is 1. The van der Waals surface area contributed by atoms with Crippen LogP contribution in [0.1, 0.15) is 16.7 Å². The van der Waals surface area contributed by atoms with Crippen molar-refractivity contribution in [3.05, 3.63) is 99.5 Å². The largest absolute Gasteiger partial charge is 0.495 e. The van der Waals surface area contributed by atoms with Crippen LogP contribution in [0.3, 0.4) is 0 Å². The second-order valence-electron chi connectivity index (χ2n) is 7.97. The molecule has 3 aromatic carbocycles. The number of aromatic nitrogens is 1. The van der Waals surface area contributed by atoms with Crippen LogP contribution in [0, 0.1) is 11.3 Å². The number of benzene rings is 3. The maximum atomic E-state index is 12.8. The van der Waals surface area contributed by atoms with Crippen molar-refractivity contribution < 1.29 is 9.53 Å². The first-order chi connectivity index (χ1) is 17.1. The van der Waals surface area contributed by atoms with Gasteiger partial charge in [-0.15, -0.1) is 0 Å². The normalized spacial score (nSPS) is 16.3. The molecule has 8 heteroatoms. The fraction of sp³-hybridized carbons (Fsp3) is 0.111. The number of nitrogens with zero attached hydrogens (tertiary/aromatic N) is 2. The highest BCUT2D eigenvalue weighted by Gasteiger charge is 2.28. The van der Waals surface area contributed by atoms with Crippen molar-refractivity contribution in [2.45, 2.75) is 12.0 Å². The maximum Gasteiger partial charge on any atom is 0.260 e. The highest BCUT2D eigenvalue weighted by Crippen LogP contribution is 2.35. The fourth-order valence-electron chi connectivity index (χ4n) is 4.11. The van der Waals surface area contributed by atoms with E-state index >= 15 is 0 Å². The Morgan fingerprint density at radius 1 is 1.20 bits per heavy atom. The molecule has 0 saturated carbocycles. The summed E-state index contributed by atoms with van der Waals surface area (Å²) in [6.07, 6.45) is 3.94. The molecule has 0 aliphatic carbocycles. The van der Waals surface area contributed by atoms with Crippen LogP contribution in [-0.4, -0.2) is 23.1 Å². The standard InChI is InChI=1S/C27H21ClN4O2S/c1-34-24-11-10-20(28)13-22(24)30-27-31-26(33)25(35-27)12-19-16-32(23-9-5-4-8-21(19)23)15-18-7-3-2-6-17(18)14-29/h2-13,16,27,30H,15H2,1H3,(H,31,33)/b25-12-. The van der Waals surface area contributed by atoms with Crippen LogP contribution in [0.15, 0.2) is 77.8 Å². The minimum Gasteiger partial charge on any atom is -0.495 e. The summed E-state index contributed by atoms with van der Waals surface area (Å²) in [6, 6.07) is 23.2. The predicted octanol–water partition coefficient (Wildman–Crippen LogP) is 5.82. The second kappa shape index (κ2) is 9.79. The number of para-hydroxylation sites is 1. The molecule has 5 rings (SSSR count). The molecule has 1 fully saturated rings. The quantitative estimate of drug-likeness (QED) is 0.326. The third-order valence-electron chi connectivity index (χ3n) is 5.76. The van der Waals surface area contributed by atoms with Crippen LogP contribution < -0.4 is 15.4 Å². The summed E-state index contributed by atoms with van der Waals surface area (Å²) >= 11 is 7.54. The molecule has 0 bridgehead atoms. The third-order valence-corrected chi connectivity index (χ3v) is 7.03. The lowest BCUT2D eigenvalue weighted by molar-refractivity contribution is -0.116. The van der Waals surface area contributed by atoms with Crippen molar-refractivity contribution in [1.82, 2.24) is 9.88 Å². The van der Waals surface area contributed by atoms with Gasteiger partial charge in [0.05, 0.1) is 29.3 Å². The summed E-state index contributed by atoms with van der Waals surface area (Å²) in [5.41, 5.74) is 3.91. The van der Waals surface area contributed by atoms with Gasteiger partial charge in [0, 0.05) is 34.2 Å². The van der Waals surface area contributed by atoms with Gasteiger partial charge in [0.1, 0.15) is 5.75 Å². The number of thioether (sulfide) groups is 1. The number of hydrogen-bond donors (Lipinski definition) is 2. The predicted molar refractivity (Wildman–Crippen MR) is 141 cm³/mol. The van der Waals surface area contributed by atoms with Gasteiger partial charge in [-0.2, -0.15) is 5.26 Å². The van der Waals surface area contributed by atoms with Crippen molar-refractivity contribution in [2.24, 2.45) is 0 Å². The first-order valence-corrected chi connectivity index (χ1v) is 12.2. The number of hydrogen-bond acceptors (Lipinski definition) is 5. The van der Waals surface area contributed by atoms with Crippen LogP contribution >= 0.6 is 23.4 Å². The number of nitriles is 1. The molecule has 35 heavy (non-hydrogen) atoms. The highest BCUT2D eigenvalue weighted by atomic mass is 35.5. The number of fused-ring (bicyclic) bond motifs is 1. The molecule has 4 aromatic rings. The number of halogens is 1. The minimum absolute atomic E-state index is 0.153. The Morgan fingerprint density at radius 2 is 2.00 bits per heavy atom. The van der Waals surface area contributed by atoms with Gasteiger partial charge in [0.15, 0.2) is 5.50 Å². The first kappa shape index (κ1) is 22.9. The molecule has 1 amide bonds. The first-order valence-electron chi connectivity index (χ1n) is 10.9. The summed E-state index contributed by atoms with van der Waals surface area (Å²) in [7, 11) is 1.59. The van der Waals surface area contributed by atoms with E-state index in [2.05, 4.69) is 21.3 Å². The van der Waals surface area contributed by atoms with Crippen molar-refractivity contribution >= 4 is 51.9 Å². The van der Waals surface area contributed by atoms with E-state index in [-0.39, 0.29) is 11.4 Å². The van der Waals surface area contributed by atoms with E-state index in [0.29, 0.717) is 33.5 Å². The van der Waals surface area contributed by atoms with E-state index in [1.807, 2.05) is 60.8 Å². The molecule has 1 atom stereocenters. The lowest BCUT2D eigenvalue weighted by Crippen LogP contribution is -2.31. The van der Waals surface area contributed by atoms with Crippen LogP contribution in [0.2, 0.25) is 5.02 Å². The summed E-state index contributed by atoms with van der Waals surface area (Å²) in [5, 5.41) is 17.3.